The summed E-state index contributed by atoms with van der Waals surface area (Å²) in [6.07, 6.45) is 6.09. The van der Waals surface area contributed by atoms with E-state index in [-0.39, 0.29) is 41.6 Å². The molecule has 0 aliphatic heterocycles. The lowest BCUT2D eigenvalue weighted by Gasteiger charge is -2.44. The van der Waals surface area contributed by atoms with Crippen molar-refractivity contribution in [3.8, 4) is 0 Å². The van der Waals surface area contributed by atoms with Crippen LogP contribution in [0.25, 0.3) is 0 Å². The quantitative estimate of drug-likeness (QED) is 0.190. The summed E-state index contributed by atoms with van der Waals surface area (Å²) in [7, 11) is 0. The van der Waals surface area contributed by atoms with Crippen LogP contribution in [0.1, 0.15) is 111 Å². The summed E-state index contributed by atoms with van der Waals surface area (Å²) in [5.74, 6) is -0.985. The maximum Gasteiger partial charge on any atom is 0.392 e. The zero-order valence-corrected chi connectivity index (χ0v) is 24.4. The Kier molecular flexibility index (Phi) is 10.1. The Labute approximate surface area is 233 Å². The van der Waals surface area contributed by atoms with Crippen molar-refractivity contribution < 1.29 is 22.4 Å². The summed E-state index contributed by atoms with van der Waals surface area (Å²) in [6.45, 7) is 9.80. The van der Waals surface area contributed by atoms with Crippen molar-refractivity contribution in [2.45, 2.75) is 123 Å². The van der Waals surface area contributed by atoms with Crippen LogP contribution in [0.2, 0.25) is 0 Å². The van der Waals surface area contributed by atoms with Gasteiger partial charge in [-0.2, -0.15) is 13.2 Å². The van der Waals surface area contributed by atoms with E-state index in [4.69, 9.17) is 5.41 Å². The number of hydrogen-bond acceptors (Lipinski definition) is 2. The topological polar surface area (TPSA) is 40.9 Å². The number of ketones is 1. The van der Waals surface area contributed by atoms with Crippen molar-refractivity contribution in [1.82, 2.24) is 0 Å². The van der Waals surface area contributed by atoms with Crippen molar-refractivity contribution in [2.75, 3.05) is 0 Å². The average Bonchev–Trinajstić information content (AvgIpc) is 3.11. The van der Waals surface area contributed by atoms with E-state index in [9.17, 15) is 18.0 Å². The van der Waals surface area contributed by atoms with Crippen LogP contribution in [0.4, 0.5) is 17.6 Å². The fourth-order valence-electron chi connectivity index (χ4n) is 9.34. The number of allylic oxidation sites excluding steroid dienone is 1. The van der Waals surface area contributed by atoms with Crippen molar-refractivity contribution >= 4 is 11.5 Å². The zero-order chi connectivity index (χ0) is 28.5. The third kappa shape index (κ3) is 6.83. The monoisotopic (exact) mass is 553 g/mol. The average molecular weight is 554 g/mol. The normalized spacial score (nSPS) is 40.7. The lowest BCUT2D eigenvalue weighted by molar-refractivity contribution is -0.198. The van der Waals surface area contributed by atoms with E-state index < -0.39 is 30.1 Å². The predicted molar refractivity (Wildman–Crippen MR) is 149 cm³/mol. The maximum atomic E-state index is 15.7. The summed E-state index contributed by atoms with van der Waals surface area (Å²) in [5, 5.41) is 8.73. The van der Waals surface area contributed by atoms with Crippen LogP contribution < -0.4 is 0 Å². The van der Waals surface area contributed by atoms with Gasteiger partial charge in [-0.05, 0) is 112 Å². The van der Waals surface area contributed by atoms with Gasteiger partial charge in [-0.15, -0.1) is 0 Å². The lowest BCUT2D eigenvalue weighted by Crippen LogP contribution is -2.43. The van der Waals surface area contributed by atoms with E-state index >= 15 is 4.39 Å². The molecule has 0 aromatic heterocycles. The molecule has 4 aliphatic rings. The van der Waals surface area contributed by atoms with E-state index in [1.165, 1.54) is 25.7 Å². The third-order valence-corrected chi connectivity index (χ3v) is 11.7. The van der Waals surface area contributed by atoms with Gasteiger partial charge < -0.3 is 5.41 Å². The van der Waals surface area contributed by atoms with Gasteiger partial charge in [0, 0.05) is 11.8 Å². The van der Waals surface area contributed by atoms with E-state index in [2.05, 4.69) is 13.5 Å². The van der Waals surface area contributed by atoms with E-state index in [1.54, 1.807) is 13.8 Å². The first-order valence-electron chi connectivity index (χ1n) is 15.9. The summed E-state index contributed by atoms with van der Waals surface area (Å²) in [6, 6.07) is 0. The molecule has 6 heteroatoms. The van der Waals surface area contributed by atoms with Crippen LogP contribution in [0.3, 0.4) is 0 Å². The summed E-state index contributed by atoms with van der Waals surface area (Å²) in [4.78, 5) is 13.7. The van der Waals surface area contributed by atoms with E-state index in [0.717, 1.165) is 25.7 Å². The second kappa shape index (κ2) is 12.8. The van der Waals surface area contributed by atoms with Crippen LogP contribution >= 0.6 is 0 Å². The van der Waals surface area contributed by atoms with Gasteiger partial charge in [0.15, 0.2) is 5.78 Å². The number of Topliss-reactive ketones (excluding diaryl/α,β-unsaturated/α-hetero) is 1. The van der Waals surface area contributed by atoms with Crippen LogP contribution in [0.5, 0.6) is 0 Å². The van der Waals surface area contributed by atoms with Gasteiger partial charge in [0.1, 0.15) is 6.17 Å². The number of hydrogen-bond donors (Lipinski definition) is 1. The summed E-state index contributed by atoms with van der Waals surface area (Å²) >= 11 is 0. The molecule has 0 aromatic rings. The van der Waals surface area contributed by atoms with E-state index in [1.807, 2.05) is 0 Å². The van der Waals surface area contributed by atoms with Crippen LogP contribution in [-0.4, -0.2) is 23.8 Å². The fraction of sp³-hybridized carbons (Fsp3) is 0.879. The van der Waals surface area contributed by atoms with Gasteiger partial charge in [0.2, 0.25) is 0 Å². The van der Waals surface area contributed by atoms with Gasteiger partial charge in [-0.1, -0.05) is 52.5 Å². The summed E-state index contributed by atoms with van der Waals surface area (Å²) < 4.78 is 57.1. The number of carbonyl (C=O) groups excluding carboxylic acids is 1. The molecule has 4 fully saturated rings. The molecule has 0 spiro atoms. The number of nitrogens with one attached hydrogen (secondary N) is 1. The van der Waals surface area contributed by atoms with Gasteiger partial charge in [0.25, 0.3) is 0 Å². The Bertz CT molecular complexity index is 883. The first-order chi connectivity index (χ1) is 18.4. The highest BCUT2D eigenvalue weighted by molar-refractivity contribution is 6.40. The SMILES string of the molecule is C=C(C)C(F)C1CCC2CCCCC2CC1C1CC(C(=O)C(=N)C2CCC(CC)C(C(F)(F)F)C2)CCC1C. The molecule has 222 valence electrons. The predicted octanol–water partition coefficient (Wildman–Crippen LogP) is 9.77. The van der Waals surface area contributed by atoms with Gasteiger partial charge in [-0.25, -0.2) is 4.39 Å². The minimum Gasteiger partial charge on any atom is -0.301 e. The van der Waals surface area contributed by atoms with Crippen molar-refractivity contribution in [3.63, 3.8) is 0 Å². The highest BCUT2D eigenvalue weighted by Crippen LogP contribution is 2.52. The molecule has 2 nitrogen and oxygen atoms in total. The highest BCUT2D eigenvalue weighted by atomic mass is 19.4. The smallest absolute Gasteiger partial charge is 0.301 e. The molecule has 0 saturated heterocycles. The Morgan fingerprint density at radius 1 is 0.897 bits per heavy atom. The molecule has 0 amide bonds. The number of rotatable bonds is 7. The second-order valence-electron chi connectivity index (χ2n) is 13.9. The second-order valence-corrected chi connectivity index (χ2v) is 13.9. The molecular formula is C33H51F4NO. The van der Waals surface area contributed by atoms with Gasteiger partial charge in [-0.3, -0.25) is 4.79 Å². The number of carbonyl (C=O) groups is 1. The lowest BCUT2D eigenvalue weighted by atomic mass is 9.61. The Morgan fingerprint density at radius 3 is 2.21 bits per heavy atom. The molecular weight excluding hydrogens is 502 g/mol. The molecule has 39 heavy (non-hydrogen) atoms. The molecule has 0 radical (unpaired) electrons. The van der Waals surface area contributed by atoms with Gasteiger partial charge in [0.05, 0.1) is 11.6 Å². The molecule has 11 unspecified atom stereocenters. The molecule has 4 rings (SSSR count). The highest BCUT2D eigenvalue weighted by Gasteiger charge is 2.49. The third-order valence-electron chi connectivity index (χ3n) is 11.7. The molecule has 1 N–H and O–H groups in total. The minimum atomic E-state index is -4.29. The Morgan fingerprint density at radius 2 is 1.56 bits per heavy atom. The standard InChI is InChI=1S/C33H51F4NO/c1-5-21-12-13-24(18-29(21)33(35,36)37)31(38)32(39)25-11-10-20(4)27(17-25)28-16-23-9-7-6-8-22(23)14-15-26(28)30(34)19(2)3/h20-30,38H,2,5-18H2,1,3-4H3. The molecule has 11 atom stereocenters. The van der Waals surface area contributed by atoms with Crippen molar-refractivity contribution in [3.05, 3.63) is 12.2 Å². The number of halogens is 4. The molecule has 0 heterocycles. The first-order valence-corrected chi connectivity index (χ1v) is 15.9. The zero-order valence-electron chi connectivity index (χ0n) is 24.4. The van der Waals surface area contributed by atoms with Gasteiger partial charge >= 0.3 is 6.18 Å². The first kappa shape index (κ1) is 30.8. The van der Waals surface area contributed by atoms with Crippen molar-refractivity contribution in [2.24, 2.45) is 59.2 Å². The summed E-state index contributed by atoms with van der Waals surface area (Å²) in [5.41, 5.74) is 0.516. The maximum absolute atomic E-state index is 15.7. The molecule has 4 aliphatic carbocycles. The van der Waals surface area contributed by atoms with Crippen molar-refractivity contribution in [1.29, 1.82) is 5.41 Å². The Hall–Kier alpha value is -1.20. The van der Waals surface area contributed by atoms with E-state index in [0.29, 0.717) is 55.4 Å². The molecule has 0 aromatic carbocycles. The number of fused-ring (bicyclic) bond motifs is 1. The van der Waals surface area contributed by atoms with Crippen LogP contribution in [0.15, 0.2) is 12.2 Å². The minimum absolute atomic E-state index is 0.0767. The van der Waals surface area contributed by atoms with Crippen LogP contribution in [-0.2, 0) is 4.79 Å². The molecule has 0 bridgehead atoms. The Balaban J connectivity index is 1.50. The fourth-order valence-corrected chi connectivity index (χ4v) is 9.34. The molecule has 4 saturated carbocycles. The number of alkyl halides is 4. The largest absolute Gasteiger partial charge is 0.392 e. The van der Waals surface area contributed by atoms with Crippen LogP contribution in [0, 0.1) is 64.6 Å².